The van der Waals surface area contributed by atoms with E-state index in [9.17, 15) is 14.7 Å². The molecule has 3 fully saturated rings. The predicted octanol–water partition coefficient (Wildman–Crippen LogP) is 0.0489. The van der Waals surface area contributed by atoms with E-state index in [0.717, 1.165) is 12.8 Å². The number of hydrogen-bond donors (Lipinski definition) is 2. The maximum Gasteiger partial charge on any atom is 0.317 e. The Bertz CT molecular complexity index is 417. The van der Waals surface area contributed by atoms with Crippen molar-refractivity contribution in [2.45, 2.75) is 38.0 Å². The summed E-state index contributed by atoms with van der Waals surface area (Å²) in [5, 5.41) is 12.1. The molecule has 20 heavy (non-hydrogen) atoms. The van der Waals surface area contributed by atoms with E-state index in [1.54, 1.807) is 11.8 Å². The third kappa shape index (κ3) is 2.25. The molecule has 4 unspecified atom stereocenters. The molecule has 0 spiro atoms. The van der Waals surface area contributed by atoms with Crippen molar-refractivity contribution in [3.8, 4) is 0 Å². The van der Waals surface area contributed by atoms with Crippen molar-refractivity contribution in [3.63, 3.8) is 0 Å². The highest BCUT2D eigenvalue weighted by Crippen LogP contribution is 2.30. The van der Waals surface area contributed by atoms with Gasteiger partial charge in [-0.25, -0.2) is 4.79 Å². The molecular formula is C13H20N2O5. The van der Waals surface area contributed by atoms with E-state index in [0.29, 0.717) is 13.1 Å². The SMILES string of the molecule is CC1(C(=O)O)COCC1NC(=O)N1CC2CCC(C1)O2. The van der Waals surface area contributed by atoms with Gasteiger partial charge in [0, 0.05) is 13.1 Å². The van der Waals surface area contributed by atoms with Gasteiger partial charge in [-0.2, -0.15) is 0 Å². The van der Waals surface area contributed by atoms with Gasteiger partial charge in [0.25, 0.3) is 0 Å². The number of carboxylic acids is 1. The molecule has 0 aromatic heterocycles. The third-order valence-electron chi connectivity index (χ3n) is 4.57. The average molecular weight is 284 g/mol. The summed E-state index contributed by atoms with van der Waals surface area (Å²) in [5.41, 5.74) is -1.05. The van der Waals surface area contributed by atoms with Crippen molar-refractivity contribution in [3.05, 3.63) is 0 Å². The zero-order valence-corrected chi connectivity index (χ0v) is 11.5. The zero-order chi connectivity index (χ0) is 14.3. The Morgan fingerprint density at radius 2 is 1.95 bits per heavy atom. The highest BCUT2D eigenvalue weighted by Gasteiger charge is 2.48. The Kier molecular flexibility index (Phi) is 3.33. The molecule has 2 amide bonds. The Hall–Kier alpha value is -1.34. The lowest BCUT2D eigenvalue weighted by molar-refractivity contribution is -0.148. The molecule has 0 aromatic rings. The summed E-state index contributed by atoms with van der Waals surface area (Å²) in [6.45, 7) is 3.14. The molecule has 0 radical (unpaired) electrons. The van der Waals surface area contributed by atoms with E-state index in [1.807, 2.05) is 0 Å². The second kappa shape index (κ2) is 4.89. The van der Waals surface area contributed by atoms with Gasteiger partial charge in [0.05, 0.1) is 31.5 Å². The first kappa shape index (κ1) is 13.6. The van der Waals surface area contributed by atoms with Crippen molar-refractivity contribution in [2.75, 3.05) is 26.3 Å². The number of carbonyl (C=O) groups is 2. The van der Waals surface area contributed by atoms with E-state index in [1.165, 1.54) is 0 Å². The van der Waals surface area contributed by atoms with Gasteiger partial charge in [0.2, 0.25) is 0 Å². The van der Waals surface area contributed by atoms with Crippen molar-refractivity contribution < 1.29 is 24.2 Å². The molecule has 3 heterocycles. The van der Waals surface area contributed by atoms with Gasteiger partial charge >= 0.3 is 12.0 Å². The van der Waals surface area contributed by atoms with E-state index < -0.39 is 17.4 Å². The van der Waals surface area contributed by atoms with E-state index in [2.05, 4.69) is 5.32 Å². The number of nitrogens with zero attached hydrogens (tertiary/aromatic N) is 1. The molecule has 3 aliphatic rings. The van der Waals surface area contributed by atoms with Crippen LogP contribution in [0.25, 0.3) is 0 Å². The number of ether oxygens (including phenoxy) is 2. The first-order chi connectivity index (χ1) is 9.49. The summed E-state index contributed by atoms with van der Waals surface area (Å²) in [7, 11) is 0. The lowest BCUT2D eigenvalue weighted by atomic mass is 9.85. The quantitative estimate of drug-likeness (QED) is 0.748. The highest BCUT2D eigenvalue weighted by atomic mass is 16.5. The van der Waals surface area contributed by atoms with Crippen LogP contribution >= 0.6 is 0 Å². The van der Waals surface area contributed by atoms with E-state index >= 15 is 0 Å². The number of morpholine rings is 1. The lowest BCUT2D eigenvalue weighted by Crippen LogP contribution is -2.56. The van der Waals surface area contributed by atoms with Gasteiger partial charge in [-0.15, -0.1) is 0 Å². The third-order valence-corrected chi connectivity index (χ3v) is 4.57. The summed E-state index contributed by atoms with van der Waals surface area (Å²) >= 11 is 0. The second-order valence-electron chi connectivity index (χ2n) is 6.10. The molecule has 2 bridgehead atoms. The molecule has 7 heteroatoms. The summed E-state index contributed by atoms with van der Waals surface area (Å²) in [5.74, 6) is -0.942. The van der Waals surface area contributed by atoms with Gasteiger partial charge in [-0.3, -0.25) is 4.79 Å². The zero-order valence-electron chi connectivity index (χ0n) is 11.5. The Balaban J connectivity index is 1.63. The molecule has 0 aliphatic carbocycles. The first-order valence-electron chi connectivity index (χ1n) is 7.01. The molecule has 0 saturated carbocycles. The molecule has 7 nitrogen and oxygen atoms in total. The fourth-order valence-corrected chi connectivity index (χ4v) is 3.11. The number of aliphatic carboxylic acids is 1. The van der Waals surface area contributed by atoms with Crippen LogP contribution in [0.1, 0.15) is 19.8 Å². The van der Waals surface area contributed by atoms with Gasteiger partial charge in [0.15, 0.2) is 0 Å². The Morgan fingerprint density at radius 3 is 2.55 bits per heavy atom. The van der Waals surface area contributed by atoms with Gasteiger partial charge in [-0.1, -0.05) is 0 Å². The van der Waals surface area contributed by atoms with Crippen LogP contribution in [0.2, 0.25) is 0 Å². The first-order valence-corrected chi connectivity index (χ1v) is 7.01. The monoisotopic (exact) mass is 284 g/mol. The number of carboxylic acid groups (broad SMARTS) is 1. The number of nitrogens with one attached hydrogen (secondary N) is 1. The average Bonchev–Trinajstić information content (AvgIpc) is 2.94. The van der Waals surface area contributed by atoms with Crippen molar-refractivity contribution >= 4 is 12.0 Å². The molecule has 3 saturated heterocycles. The smallest absolute Gasteiger partial charge is 0.317 e. The Morgan fingerprint density at radius 1 is 1.30 bits per heavy atom. The fourth-order valence-electron chi connectivity index (χ4n) is 3.11. The molecular weight excluding hydrogens is 264 g/mol. The number of hydrogen-bond acceptors (Lipinski definition) is 4. The summed E-state index contributed by atoms with van der Waals surface area (Å²) in [6.07, 6.45) is 2.25. The van der Waals surface area contributed by atoms with E-state index in [-0.39, 0.29) is 31.5 Å². The minimum atomic E-state index is -1.05. The molecule has 112 valence electrons. The Labute approximate surface area is 117 Å². The van der Waals surface area contributed by atoms with Crippen LogP contribution in [0.3, 0.4) is 0 Å². The molecule has 3 aliphatic heterocycles. The van der Waals surface area contributed by atoms with Crippen LogP contribution < -0.4 is 5.32 Å². The van der Waals surface area contributed by atoms with Gasteiger partial charge in [0.1, 0.15) is 5.41 Å². The largest absolute Gasteiger partial charge is 0.481 e. The van der Waals surface area contributed by atoms with Crippen molar-refractivity contribution in [1.82, 2.24) is 10.2 Å². The molecule has 2 N–H and O–H groups in total. The van der Waals surface area contributed by atoms with Crippen LogP contribution in [0.4, 0.5) is 4.79 Å². The molecule has 3 rings (SSSR count). The number of urea groups is 1. The van der Waals surface area contributed by atoms with Crippen LogP contribution in [0.15, 0.2) is 0 Å². The second-order valence-corrected chi connectivity index (χ2v) is 6.10. The summed E-state index contributed by atoms with van der Waals surface area (Å²) in [4.78, 5) is 25.4. The van der Waals surface area contributed by atoms with Crippen LogP contribution in [-0.4, -0.2) is 66.6 Å². The van der Waals surface area contributed by atoms with Crippen LogP contribution in [-0.2, 0) is 14.3 Å². The number of carbonyl (C=O) groups excluding carboxylic acids is 1. The van der Waals surface area contributed by atoms with E-state index in [4.69, 9.17) is 9.47 Å². The maximum absolute atomic E-state index is 12.3. The minimum absolute atomic E-state index is 0.127. The number of likely N-dealkylation sites (tertiary alicyclic amines) is 1. The number of amides is 2. The van der Waals surface area contributed by atoms with Gasteiger partial charge in [-0.05, 0) is 19.8 Å². The number of fused-ring (bicyclic) bond motifs is 2. The highest BCUT2D eigenvalue weighted by molar-refractivity contribution is 5.79. The fraction of sp³-hybridized carbons (Fsp3) is 0.846. The van der Waals surface area contributed by atoms with Crippen LogP contribution in [0.5, 0.6) is 0 Å². The minimum Gasteiger partial charge on any atom is -0.481 e. The standard InChI is InChI=1S/C13H20N2O5/c1-13(11(16)17)7-19-6-10(13)14-12(18)15-4-8-2-3-9(5-15)20-8/h8-10H,2-7H2,1H3,(H,14,18)(H,16,17). The molecule has 4 atom stereocenters. The topological polar surface area (TPSA) is 88.1 Å². The normalized spacial score (nSPS) is 39.9. The van der Waals surface area contributed by atoms with Crippen molar-refractivity contribution in [2.24, 2.45) is 5.41 Å². The molecule has 0 aromatic carbocycles. The summed E-state index contributed by atoms with van der Waals surface area (Å²) in [6, 6.07) is -0.707. The predicted molar refractivity (Wildman–Crippen MR) is 68.3 cm³/mol. The number of rotatable bonds is 2. The maximum atomic E-state index is 12.3. The van der Waals surface area contributed by atoms with Crippen LogP contribution in [0, 0.1) is 5.41 Å². The van der Waals surface area contributed by atoms with Crippen molar-refractivity contribution in [1.29, 1.82) is 0 Å². The summed E-state index contributed by atoms with van der Waals surface area (Å²) < 4.78 is 10.9. The van der Waals surface area contributed by atoms with Gasteiger partial charge < -0.3 is 24.8 Å². The lowest BCUT2D eigenvalue weighted by Gasteiger charge is -2.34.